The van der Waals surface area contributed by atoms with Gasteiger partial charge >= 0.3 is 5.97 Å². The van der Waals surface area contributed by atoms with Crippen molar-refractivity contribution in [3.05, 3.63) is 48.9 Å². The van der Waals surface area contributed by atoms with Crippen LogP contribution in [0.2, 0.25) is 5.15 Å². The van der Waals surface area contributed by atoms with Crippen molar-refractivity contribution in [2.24, 2.45) is 0 Å². The topological polar surface area (TPSA) is 82.3 Å². The van der Waals surface area contributed by atoms with Crippen LogP contribution in [-0.4, -0.2) is 15.3 Å². The lowest BCUT2D eigenvalue weighted by Crippen LogP contribution is -2.08. The summed E-state index contributed by atoms with van der Waals surface area (Å²) in [6, 6.07) is 5.14. The van der Waals surface area contributed by atoms with Gasteiger partial charge in [0, 0.05) is 12.1 Å². The number of carbonyl (C=O) groups is 1. The number of nitro groups is 1. The van der Waals surface area contributed by atoms with Crippen LogP contribution in [0, 0.1) is 10.1 Å². The summed E-state index contributed by atoms with van der Waals surface area (Å²) in [5.74, 6) is -0.496. The molecule has 1 aromatic carbocycles. The van der Waals surface area contributed by atoms with Gasteiger partial charge in [-0.2, -0.15) is 4.37 Å². The quantitative estimate of drug-likeness (QED) is 0.359. The number of nitrogens with zero attached hydrogens (tertiary/aromatic N) is 2. The van der Waals surface area contributed by atoms with E-state index in [4.69, 9.17) is 16.3 Å². The van der Waals surface area contributed by atoms with E-state index in [-0.39, 0.29) is 22.2 Å². The molecule has 1 aromatic heterocycles. The maximum Gasteiger partial charge on any atom is 0.348 e. The Kier molecular flexibility index (Phi) is 4.13. The Balaban J connectivity index is 2.17. The molecular weight excluding hydrogens is 360 g/mol. The molecule has 0 N–H and O–H groups in total. The molecule has 0 aliphatic heterocycles. The van der Waals surface area contributed by atoms with Gasteiger partial charge < -0.3 is 4.74 Å². The van der Waals surface area contributed by atoms with Crippen LogP contribution in [0.5, 0.6) is 5.75 Å². The summed E-state index contributed by atoms with van der Waals surface area (Å²) in [5.41, 5.74) is 0.0428. The summed E-state index contributed by atoms with van der Waals surface area (Å²) in [5, 5.41) is 10.5. The average molecular weight is 364 g/mol. The number of ether oxygens (including phenoxy) is 1. The van der Waals surface area contributed by atoms with Gasteiger partial charge in [-0.1, -0.05) is 11.6 Å². The molecule has 0 saturated carbocycles. The summed E-state index contributed by atoms with van der Waals surface area (Å²) in [7, 11) is 0. The van der Waals surface area contributed by atoms with Crippen LogP contribution in [0.15, 0.2) is 28.1 Å². The highest BCUT2D eigenvalue weighted by Gasteiger charge is 2.20. The van der Waals surface area contributed by atoms with E-state index in [0.29, 0.717) is 3.79 Å². The van der Waals surface area contributed by atoms with Crippen molar-refractivity contribution in [3.63, 3.8) is 0 Å². The van der Waals surface area contributed by atoms with Crippen molar-refractivity contribution in [3.8, 4) is 5.75 Å². The lowest BCUT2D eigenvalue weighted by molar-refractivity contribution is -0.384. The van der Waals surface area contributed by atoms with Gasteiger partial charge in [0.15, 0.2) is 5.15 Å². The number of hydrogen-bond donors (Lipinski definition) is 0. The number of aromatic nitrogens is 1. The molecule has 0 saturated heterocycles. The van der Waals surface area contributed by atoms with Crippen LogP contribution >= 0.6 is 39.1 Å². The molecule has 1 heterocycles. The molecule has 0 unspecified atom stereocenters. The average Bonchev–Trinajstić information content (AvgIpc) is 2.69. The van der Waals surface area contributed by atoms with Crippen LogP contribution in [0.4, 0.5) is 5.69 Å². The van der Waals surface area contributed by atoms with E-state index in [9.17, 15) is 14.9 Å². The van der Waals surface area contributed by atoms with E-state index < -0.39 is 10.9 Å². The molecule has 0 fully saturated rings. The summed E-state index contributed by atoms with van der Waals surface area (Å²) in [6.45, 7) is 0. The maximum atomic E-state index is 11.8. The molecular formula is C10H4BrClN2O4S. The summed E-state index contributed by atoms with van der Waals surface area (Å²) in [6.07, 6.45) is 0. The number of carbonyl (C=O) groups excluding carboxylic acids is 1. The van der Waals surface area contributed by atoms with Gasteiger partial charge in [0.2, 0.25) is 0 Å². The van der Waals surface area contributed by atoms with Crippen LogP contribution in [0.3, 0.4) is 0 Å². The van der Waals surface area contributed by atoms with Crippen LogP contribution in [-0.2, 0) is 0 Å². The van der Waals surface area contributed by atoms with Crippen LogP contribution in [0.25, 0.3) is 0 Å². The molecule has 6 nitrogen and oxygen atoms in total. The minimum absolute atomic E-state index is 0.0452. The van der Waals surface area contributed by atoms with E-state index in [1.807, 2.05) is 0 Å². The van der Waals surface area contributed by atoms with Crippen LogP contribution < -0.4 is 4.74 Å². The molecule has 2 rings (SSSR count). The molecule has 0 aliphatic carbocycles. The standard InChI is InChI=1S/C10H4BrClN2O4S/c11-8-7(9(12)13-19-8)10(15)18-6-3-1-5(2-4-6)14(16)17/h1-4H. The summed E-state index contributed by atoms with van der Waals surface area (Å²) in [4.78, 5) is 21.8. The fraction of sp³-hybridized carbons (Fsp3) is 0. The monoisotopic (exact) mass is 362 g/mol. The Morgan fingerprint density at radius 1 is 1.42 bits per heavy atom. The number of nitro benzene ring substituents is 1. The Morgan fingerprint density at radius 3 is 2.53 bits per heavy atom. The first kappa shape index (κ1) is 13.9. The van der Waals surface area contributed by atoms with Gasteiger partial charge in [0.05, 0.1) is 4.92 Å². The zero-order valence-corrected chi connectivity index (χ0v) is 12.2. The van der Waals surface area contributed by atoms with Crippen molar-refractivity contribution >= 4 is 50.7 Å². The van der Waals surface area contributed by atoms with Gasteiger partial charge in [0.1, 0.15) is 15.1 Å². The van der Waals surface area contributed by atoms with Crippen molar-refractivity contribution < 1.29 is 14.5 Å². The third-order valence-electron chi connectivity index (χ3n) is 2.07. The highest BCUT2D eigenvalue weighted by molar-refractivity contribution is 9.11. The second-order valence-electron chi connectivity index (χ2n) is 3.26. The third kappa shape index (κ3) is 3.09. The van der Waals surface area contributed by atoms with Gasteiger partial charge in [-0.25, -0.2) is 4.79 Å². The summed E-state index contributed by atoms with van der Waals surface area (Å²) >= 11 is 9.92. The fourth-order valence-electron chi connectivity index (χ4n) is 1.21. The van der Waals surface area contributed by atoms with Gasteiger partial charge in [-0.05, 0) is 39.6 Å². The number of rotatable bonds is 3. The molecule has 0 amide bonds. The fourth-order valence-corrected chi connectivity index (χ4v) is 2.75. The molecule has 0 radical (unpaired) electrons. The van der Waals surface area contributed by atoms with Gasteiger partial charge in [-0.3, -0.25) is 10.1 Å². The number of non-ortho nitro benzene ring substituents is 1. The van der Waals surface area contributed by atoms with Crippen LogP contribution in [0.1, 0.15) is 10.4 Å². The molecule has 2 aromatic rings. The Hall–Kier alpha value is -1.51. The van der Waals surface area contributed by atoms with E-state index in [1.165, 1.54) is 24.3 Å². The van der Waals surface area contributed by atoms with E-state index in [1.54, 1.807) is 0 Å². The van der Waals surface area contributed by atoms with Gasteiger partial charge in [0.25, 0.3) is 5.69 Å². The molecule has 0 spiro atoms. The first-order valence-electron chi connectivity index (χ1n) is 4.76. The molecule has 0 aliphatic rings. The first-order chi connectivity index (χ1) is 8.99. The molecule has 9 heteroatoms. The SMILES string of the molecule is O=C(Oc1ccc([N+](=O)[O-])cc1)c1c(Cl)nsc1Br. The Labute approximate surface area is 124 Å². The molecule has 0 bridgehead atoms. The second-order valence-corrected chi connectivity index (χ2v) is 5.71. The summed E-state index contributed by atoms with van der Waals surface area (Å²) < 4.78 is 9.29. The minimum Gasteiger partial charge on any atom is -0.423 e. The number of hydrogen-bond acceptors (Lipinski definition) is 6. The zero-order chi connectivity index (χ0) is 14.0. The lowest BCUT2D eigenvalue weighted by Gasteiger charge is -2.03. The van der Waals surface area contributed by atoms with Crippen molar-refractivity contribution in [2.45, 2.75) is 0 Å². The third-order valence-corrected chi connectivity index (χ3v) is 3.91. The smallest absolute Gasteiger partial charge is 0.348 e. The Morgan fingerprint density at radius 2 is 2.05 bits per heavy atom. The molecule has 0 atom stereocenters. The minimum atomic E-state index is -0.681. The normalized spacial score (nSPS) is 10.2. The second kappa shape index (κ2) is 5.64. The Bertz CT molecular complexity index is 624. The highest BCUT2D eigenvalue weighted by Crippen LogP contribution is 2.29. The highest BCUT2D eigenvalue weighted by atomic mass is 79.9. The molecule has 19 heavy (non-hydrogen) atoms. The maximum absolute atomic E-state index is 11.8. The predicted molar refractivity (Wildman–Crippen MR) is 72.9 cm³/mol. The molecule has 98 valence electrons. The first-order valence-corrected chi connectivity index (χ1v) is 6.71. The van der Waals surface area contributed by atoms with Crippen molar-refractivity contribution in [2.75, 3.05) is 0 Å². The number of esters is 1. The zero-order valence-electron chi connectivity index (χ0n) is 9.00. The number of benzene rings is 1. The van der Waals surface area contributed by atoms with Crippen molar-refractivity contribution in [1.82, 2.24) is 4.37 Å². The van der Waals surface area contributed by atoms with E-state index in [0.717, 1.165) is 11.5 Å². The van der Waals surface area contributed by atoms with Crippen molar-refractivity contribution in [1.29, 1.82) is 0 Å². The predicted octanol–water partition coefficient (Wildman–Crippen LogP) is 3.69. The van der Waals surface area contributed by atoms with Gasteiger partial charge in [-0.15, -0.1) is 0 Å². The van der Waals surface area contributed by atoms with E-state index >= 15 is 0 Å². The number of halogens is 2. The van der Waals surface area contributed by atoms with E-state index in [2.05, 4.69) is 20.3 Å². The lowest BCUT2D eigenvalue weighted by atomic mass is 10.3. The largest absolute Gasteiger partial charge is 0.423 e.